The molecule has 0 saturated carbocycles. The topological polar surface area (TPSA) is 142 Å². The maximum atomic E-state index is 13.4. The predicted octanol–water partition coefficient (Wildman–Crippen LogP) is 7.09. The number of ether oxygens (including phenoxy) is 8. The number of carbonyl (C=O) groups is 4. The lowest BCUT2D eigenvalue weighted by atomic mass is 10.1. The molecule has 0 amide bonds. The van der Waals surface area contributed by atoms with Gasteiger partial charge in [-0.2, -0.15) is 0 Å². The Hall–Kier alpha value is -5.92. The third-order valence-electron chi connectivity index (χ3n) is 7.87. The largest absolute Gasteiger partial charge is 0.490 e. The van der Waals surface area contributed by atoms with Crippen LogP contribution in [-0.2, 0) is 38.1 Å². The molecule has 0 heterocycles. The van der Waals surface area contributed by atoms with Crippen molar-refractivity contribution in [1.82, 2.24) is 0 Å². The Morgan fingerprint density at radius 1 is 0.300 bits per heavy atom. The zero-order valence-corrected chi connectivity index (χ0v) is 34.6. The normalized spacial score (nSPS) is 10.5. The highest BCUT2D eigenvalue weighted by Crippen LogP contribution is 2.18. The lowest BCUT2D eigenvalue weighted by Gasteiger charge is -2.12. The lowest BCUT2D eigenvalue weighted by molar-refractivity contribution is -0.145. The van der Waals surface area contributed by atoms with Crippen LogP contribution in [-0.4, -0.2) is 76.7 Å². The van der Waals surface area contributed by atoms with Crippen LogP contribution in [0.3, 0.4) is 0 Å². The fourth-order valence-corrected chi connectivity index (χ4v) is 5.53. The molecule has 0 spiro atoms. The monoisotopic (exact) mass is 896 g/mol. The third kappa shape index (κ3) is 14.7. The summed E-state index contributed by atoms with van der Waals surface area (Å²) >= 11 is 23.7. The Morgan fingerprint density at radius 2 is 0.500 bits per heavy atom. The first-order valence-corrected chi connectivity index (χ1v) is 19.6. The van der Waals surface area contributed by atoms with Crippen molar-refractivity contribution in [3.63, 3.8) is 0 Å². The molecule has 0 N–H and O–H groups in total. The number of carbonyl (C=O) groups excluding carboxylic acids is 4. The molecule has 12 nitrogen and oxygen atoms in total. The maximum Gasteiger partial charge on any atom is 0.346 e. The van der Waals surface area contributed by atoms with Crippen LogP contribution < -0.4 is 29.4 Å². The summed E-state index contributed by atoms with van der Waals surface area (Å²) in [5.74, 6) is -2.12. The number of rotatable bonds is 20. The van der Waals surface area contributed by atoms with E-state index in [1.807, 2.05) is 0 Å². The van der Waals surface area contributed by atoms with Gasteiger partial charge in [-0.15, -0.1) is 0 Å². The first-order valence-electron chi connectivity index (χ1n) is 18.1. The molecule has 0 aromatic heterocycles. The van der Waals surface area contributed by atoms with Gasteiger partial charge in [0.25, 0.3) is 0 Å². The van der Waals surface area contributed by atoms with Gasteiger partial charge in [0.05, 0.1) is 0 Å². The van der Waals surface area contributed by atoms with Gasteiger partial charge in [0, 0.05) is 20.1 Å². The zero-order chi connectivity index (χ0) is 42.7. The Balaban J connectivity index is 1.34. The van der Waals surface area contributed by atoms with E-state index in [1.165, 1.54) is 24.3 Å². The first-order chi connectivity index (χ1) is 29.0. The number of benzene rings is 5. The Morgan fingerprint density at radius 3 is 0.700 bits per heavy atom. The molecule has 0 atom stereocenters. The van der Waals surface area contributed by atoms with Gasteiger partial charge < -0.3 is 37.9 Å². The van der Waals surface area contributed by atoms with Gasteiger partial charge in [0.15, 0.2) is 11.1 Å². The molecule has 60 heavy (non-hydrogen) atoms. The fourth-order valence-electron chi connectivity index (χ4n) is 5.03. The van der Waals surface area contributed by atoms with Crippen LogP contribution in [0.4, 0.5) is 0 Å². The van der Waals surface area contributed by atoms with E-state index >= 15 is 0 Å². The lowest BCUT2D eigenvalue weighted by Crippen LogP contribution is -2.29. The van der Waals surface area contributed by atoms with Crippen LogP contribution in [0.2, 0.25) is 20.1 Å². The number of hydrogen-bond donors (Lipinski definition) is 0. The van der Waals surface area contributed by atoms with Crippen LogP contribution in [0.25, 0.3) is 11.1 Å². The van der Waals surface area contributed by atoms with Crippen molar-refractivity contribution in [2.75, 3.05) is 52.9 Å². The van der Waals surface area contributed by atoms with E-state index in [0.717, 1.165) is 0 Å². The van der Waals surface area contributed by atoms with Crippen LogP contribution in [0.1, 0.15) is 0 Å². The standard InChI is InChI=1S/C44H36Cl4O12/c45-31-5-13-35(14-6-31)53-21-25-57-41(49)39(42(50)58-26-22-54-36-15-7-32(46)8-16-36)29-1-2-30(4-3-29)40(43(51)59-27-23-55-37-17-9-33(47)10-18-37)44(52)60-28-24-56-38-19-11-34(48)12-20-38/h1-20H,21-28H2. The third-order valence-corrected chi connectivity index (χ3v) is 8.88. The van der Waals surface area contributed by atoms with Crippen molar-refractivity contribution >= 4 is 81.4 Å². The quantitative estimate of drug-likeness (QED) is 0.0341. The van der Waals surface area contributed by atoms with Crippen molar-refractivity contribution in [2.24, 2.45) is 0 Å². The highest BCUT2D eigenvalue weighted by atomic mass is 35.5. The van der Waals surface area contributed by atoms with Crippen LogP contribution in [0.15, 0.2) is 121 Å². The highest BCUT2D eigenvalue weighted by molar-refractivity contribution is 6.37. The van der Waals surface area contributed by atoms with E-state index in [2.05, 4.69) is 0 Å². The van der Waals surface area contributed by atoms with E-state index in [1.54, 1.807) is 97.1 Å². The number of esters is 4. The minimum absolute atomic E-state index is 0.0401. The molecule has 0 aliphatic heterocycles. The molecule has 5 aromatic rings. The van der Waals surface area contributed by atoms with Crippen molar-refractivity contribution in [2.45, 2.75) is 0 Å². The Labute approximate surface area is 364 Å². The molecule has 312 valence electrons. The van der Waals surface area contributed by atoms with E-state index in [-0.39, 0.29) is 63.3 Å². The highest BCUT2D eigenvalue weighted by Gasteiger charge is 2.25. The SMILES string of the molecule is O=C(OCCOc1ccc(Cl)cc1)C(C(=O)OCCOc1ccc(Cl)cc1)=c1ccc(=C(C(=O)OCCOc2ccc(Cl)cc2)C(=O)OCCOc2ccc(Cl)cc2)cc1. The predicted molar refractivity (Wildman–Crippen MR) is 224 cm³/mol. The minimum Gasteiger partial charge on any atom is -0.490 e. The van der Waals surface area contributed by atoms with Gasteiger partial charge in [-0.05, 0) is 107 Å². The van der Waals surface area contributed by atoms with E-state index < -0.39 is 35.0 Å². The summed E-state index contributed by atoms with van der Waals surface area (Å²) in [4.78, 5) is 53.7. The Kier molecular flexibility index (Phi) is 17.8. The molecule has 0 unspecified atom stereocenters. The molecular formula is C44H36Cl4O12. The summed E-state index contributed by atoms with van der Waals surface area (Å²) < 4.78 is 43.9. The molecule has 0 aliphatic carbocycles. The molecule has 0 saturated heterocycles. The number of hydrogen-bond acceptors (Lipinski definition) is 12. The van der Waals surface area contributed by atoms with E-state index in [0.29, 0.717) is 43.1 Å². The fraction of sp³-hybridized carbons (Fsp3) is 0.182. The second-order valence-corrected chi connectivity index (χ2v) is 13.8. The Bertz CT molecular complexity index is 2010. The van der Waals surface area contributed by atoms with Crippen LogP contribution in [0, 0.1) is 0 Å². The van der Waals surface area contributed by atoms with Gasteiger partial charge >= 0.3 is 23.9 Å². The van der Waals surface area contributed by atoms with Crippen LogP contribution >= 0.6 is 46.4 Å². The summed E-state index contributed by atoms with van der Waals surface area (Å²) in [5.41, 5.74) is -0.935. The van der Waals surface area contributed by atoms with Gasteiger partial charge in [-0.25, -0.2) is 19.2 Å². The van der Waals surface area contributed by atoms with Crippen molar-refractivity contribution < 1.29 is 57.1 Å². The van der Waals surface area contributed by atoms with Gasteiger partial charge in [0.1, 0.15) is 75.9 Å². The molecule has 16 heteroatoms. The summed E-state index contributed by atoms with van der Waals surface area (Å²) in [6.07, 6.45) is 0. The molecule has 5 rings (SSSR count). The second kappa shape index (κ2) is 23.6. The molecule has 0 radical (unpaired) electrons. The van der Waals surface area contributed by atoms with E-state index in [9.17, 15) is 19.2 Å². The zero-order valence-electron chi connectivity index (χ0n) is 31.6. The summed E-state index contributed by atoms with van der Waals surface area (Å²) in [6, 6.07) is 31.7. The van der Waals surface area contributed by atoms with Crippen molar-refractivity contribution in [3.8, 4) is 23.0 Å². The van der Waals surface area contributed by atoms with Crippen LogP contribution in [0.5, 0.6) is 23.0 Å². The maximum absolute atomic E-state index is 13.4. The average molecular weight is 899 g/mol. The van der Waals surface area contributed by atoms with Crippen molar-refractivity contribution in [3.05, 3.63) is 152 Å². The van der Waals surface area contributed by atoms with Gasteiger partial charge in [-0.1, -0.05) is 70.7 Å². The molecule has 0 bridgehead atoms. The number of halogens is 4. The molecule has 0 aliphatic rings. The first kappa shape index (κ1) is 45.2. The average Bonchev–Trinajstić information content (AvgIpc) is 3.24. The molecule has 0 fully saturated rings. The summed E-state index contributed by atoms with van der Waals surface area (Å²) in [7, 11) is 0. The summed E-state index contributed by atoms with van der Waals surface area (Å²) in [5, 5.41) is 2.20. The van der Waals surface area contributed by atoms with Gasteiger partial charge in [-0.3, -0.25) is 0 Å². The smallest absolute Gasteiger partial charge is 0.346 e. The summed E-state index contributed by atoms with van der Waals surface area (Å²) in [6.45, 7) is -1.07. The van der Waals surface area contributed by atoms with Gasteiger partial charge in [0.2, 0.25) is 0 Å². The van der Waals surface area contributed by atoms with Crippen molar-refractivity contribution in [1.29, 1.82) is 0 Å². The minimum atomic E-state index is -1.02. The molecular weight excluding hydrogens is 862 g/mol. The second-order valence-electron chi connectivity index (χ2n) is 12.1. The van der Waals surface area contributed by atoms with E-state index in [4.69, 9.17) is 84.3 Å². The molecule has 5 aromatic carbocycles.